The molecule has 1 aliphatic heterocycles. The summed E-state index contributed by atoms with van der Waals surface area (Å²) in [7, 11) is 0. The molecule has 0 spiro atoms. The largest absolute Gasteiger partial charge is 0.389 e. The first kappa shape index (κ1) is 15.8. The zero-order valence-corrected chi connectivity index (χ0v) is 13.1. The van der Waals surface area contributed by atoms with Crippen LogP contribution in [0.1, 0.15) is 52.4 Å². The average molecular weight is 282 g/mol. The summed E-state index contributed by atoms with van der Waals surface area (Å²) in [6, 6.07) is 0. The van der Waals surface area contributed by atoms with E-state index in [1.54, 1.807) is 0 Å². The lowest BCUT2D eigenvalue weighted by Gasteiger charge is -2.36. The Morgan fingerprint density at radius 3 is 2.30 bits per heavy atom. The highest BCUT2D eigenvalue weighted by Crippen LogP contribution is 2.32. The minimum atomic E-state index is -0.703. The van der Waals surface area contributed by atoms with E-state index in [0.717, 1.165) is 64.3 Å². The topological polar surface area (TPSA) is 43.8 Å². The van der Waals surface area contributed by atoms with E-state index in [-0.39, 0.29) is 5.91 Å². The zero-order valence-electron chi connectivity index (χ0n) is 13.1. The molecule has 2 fully saturated rings. The van der Waals surface area contributed by atoms with E-state index < -0.39 is 5.60 Å². The molecule has 1 saturated heterocycles. The van der Waals surface area contributed by atoms with E-state index in [1.165, 1.54) is 6.42 Å². The number of carbonyl (C=O) groups is 1. The van der Waals surface area contributed by atoms with Crippen molar-refractivity contribution < 1.29 is 9.90 Å². The van der Waals surface area contributed by atoms with Gasteiger partial charge in [0.05, 0.1) is 12.0 Å². The molecule has 2 aliphatic rings. The average Bonchev–Trinajstić information content (AvgIpc) is 2.83. The molecule has 20 heavy (non-hydrogen) atoms. The number of aliphatic hydroxyl groups is 1. The van der Waals surface area contributed by atoms with Crippen LogP contribution in [-0.4, -0.2) is 59.1 Å². The van der Waals surface area contributed by atoms with Crippen LogP contribution < -0.4 is 0 Å². The van der Waals surface area contributed by atoms with Gasteiger partial charge in [-0.15, -0.1) is 0 Å². The van der Waals surface area contributed by atoms with Crippen LogP contribution in [0.5, 0.6) is 0 Å². The molecule has 1 saturated carbocycles. The van der Waals surface area contributed by atoms with Crippen LogP contribution in [-0.2, 0) is 4.79 Å². The number of rotatable bonds is 5. The van der Waals surface area contributed by atoms with Gasteiger partial charge in [-0.2, -0.15) is 0 Å². The lowest BCUT2D eigenvalue weighted by atomic mass is 9.97. The molecule has 0 unspecified atom stereocenters. The molecular weight excluding hydrogens is 252 g/mol. The number of carbonyl (C=O) groups excluding carboxylic acids is 1. The van der Waals surface area contributed by atoms with Crippen LogP contribution >= 0.6 is 0 Å². The van der Waals surface area contributed by atoms with Crippen LogP contribution in [0, 0.1) is 5.92 Å². The van der Waals surface area contributed by atoms with E-state index in [0.29, 0.717) is 6.42 Å². The zero-order chi connectivity index (χ0) is 14.6. The number of nitrogens with zero attached hydrogens (tertiary/aromatic N) is 2. The molecule has 1 heterocycles. The molecule has 0 atom stereocenters. The fourth-order valence-electron chi connectivity index (χ4n) is 3.26. The number of hydrogen-bond acceptors (Lipinski definition) is 3. The SMILES string of the molecule is CC(C)CCN1CCN(C(=O)CC2(O)CCCC2)CC1. The van der Waals surface area contributed by atoms with E-state index >= 15 is 0 Å². The molecule has 0 bridgehead atoms. The summed E-state index contributed by atoms with van der Waals surface area (Å²) in [5.74, 6) is 0.893. The van der Waals surface area contributed by atoms with E-state index in [1.807, 2.05) is 4.90 Å². The van der Waals surface area contributed by atoms with Gasteiger partial charge in [0.1, 0.15) is 0 Å². The van der Waals surface area contributed by atoms with Crippen molar-refractivity contribution in [1.82, 2.24) is 9.80 Å². The maximum absolute atomic E-state index is 12.3. The van der Waals surface area contributed by atoms with Gasteiger partial charge in [0.25, 0.3) is 0 Å². The van der Waals surface area contributed by atoms with Gasteiger partial charge in [0, 0.05) is 26.2 Å². The van der Waals surface area contributed by atoms with Gasteiger partial charge in [-0.3, -0.25) is 9.69 Å². The molecule has 0 aromatic rings. The Balaban J connectivity index is 1.71. The minimum absolute atomic E-state index is 0.151. The third-order valence-corrected chi connectivity index (χ3v) is 4.76. The molecule has 1 N–H and O–H groups in total. The van der Waals surface area contributed by atoms with Gasteiger partial charge in [-0.25, -0.2) is 0 Å². The van der Waals surface area contributed by atoms with Crippen molar-refractivity contribution in [1.29, 1.82) is 0 Å². The molecule has 0 aromatic heterocycles. The molecule has 4 heteroatoms. The molecule has 0 radical (unpaired) electrons. The first-order valence-corrected chi connectivity index (χ1v) is 8.21. The summed E-state index contributed by atoms with van der Waals surface area (Å²) in [5.41, 5.74) is -0.703. The highest BCUT2D eigenvalue weighted by molar-refractivity contribution is 5.77. The van der Waals surface area contributed by atoms with Gasteiger partial charge in [-0.1, -0.05) is 26.7 Å². The number of amides is 1. The molecule has 1 amide bonds. The Labute approximate surface area is 123 Å². The van der Waals surface area contributed by atoms with Crippen LogP contribution in [0.3, 0.4) is 0 Å². The summed E-state index contributed by atoms with van der Waals surface area (Å²) in [6.07, 6.45) is 5.28. The van der Waals surface area contributed by atoms with Gasteiger partial charge in [-0.05, 0) is 31.7 Å². The van der Waals surface area contributed by atoms with Crippen molar-refractivity contribution in [3.05, 3.63) is 0 Å². The van der Waals surface area contributed by atoms with Crippen LogP contribution in [0.4, 0.5) is 0 Å². The number of piperazine rings is 1. The molecule has 4 nitrogen and oxygen atoms in total. The van der Waals surface area contributed by atoms with E-state index in [2.05, 4.69) is 18.7 Å². The van der Waals surface area contributed by atoms with Gasteiger partial charge in [0.15, 0.2) is 0 Å². The highest BCUT2D eigenvalue weighted by atomic mass is 16.3. The predicted octanol–water partition coefficient (Wildman–Crippen LogP) is 1.87. The van der Waals surface area contributed by atoms with Gasteiger partial charge < -0.3 is 10.0 Å². The van der Waals surface area contributed by atoms with Crippen molar-refractivity contribution in [3.63, 3.8) is 0 Å². The summed E-state index contributed by atoms with van der Waals surface area (Å²) in [5, 5.41) is 10.3. The molecule has 0 aromatic carbocycles. The smallest absolute Gasteiger partial charge is 0.225 e. The Morgan fingerprint density at radius 1 is 1.15 bits per heavy atom. The third kappa shape index (κ3) is 4.45. The fraction of sp³-hybridized carbons (Fsp3) is 0.938. The summed E-state index contributed by atoms with van der Waals surface area (Å²) >= 11 is 0. The molecular formula is C16H30N2O2. The Morgan fingerprint density at radius 2 is 1.75 bits per heavy atom. The van der Waals surface area contributed by atoms with Crippen molar-refractivity contribution in [2.45, 2.75) is 58.0 Å². The summed E-state index contributed by atoms with van der Waals surface area (Å²) < 4.78 is 0. The third-order valence-electron chi connectivity index (χ3n) is 4.76. The normalized spacial score (nSPS) is 23.5. The molecule has 2 rings (SSSR count). The first-order chi connectivity index (χ1) is 9.48. The predicted molar refractivity (Wildman–Crippen MR) is 80.5 cm³/mol. The minimum Gasteiger partial charge on any atom is -0.389 e. The summed E-state index contributed by atoms with van der Waals surface area (Å²) in [4.78, 5) is 16.7. The second-order valence-corrected chi connectivity index (χ2v) is 7.01. The van der Waals surface area contributed by atoms with E-state index in [4.69, 9.17) is 0 Å². The Hall–Kier alpha value is -0.610. The van der Waals surface area contributed by atoms with Crippen LogP contribution in [0.25, 0.3) is 0 Å². The van der Waals surface area contributed by atoms with Crippen LogP contribution in [0.2, 0.25) is 0 Å². The van der Waals surface area contributed by atoms with Crippen molar-refractivity contribution in [2.24, 2.45) is 5.92 Å². The van der Waals surface area contributed by atoms with Gasteiger partial charge >= 0.3 is 0 Å². The second kappa shape index (κ2) is 6.90. The Kier molecular flexibility index (Phi) is 5.44. The molecule has 1 aliphatic carbocycles. The monoisotopic (exact) mass is 282 g/mol. The quantitative estimate of drug-likeness (QED) is 0.837. The maximum Gasteiger partial charge on any atom is 0.225 e. The van der Waals surface area contributed by atoms with E-state index in [9.17, 15) is 9.90 Å². The fourth-order valence-corrected chi connectivity index (χ4v) is 3.26. The molecule has 116 valence electrons. The number of hydrogen-bond donors (Lipinski definition) is 1. The highest BCUT2D eigenvalue weighted by Gasteiger charge is 2.35. The first-order valence-electron chi connectivity index (χ1n) is 8.21. The van der Waals surface area contributed by atoms with Gasteiger partial charge in [0.2, 0.25) is 5.91 Å². The van der Waals surface area contributed by atoms with Crippen molar-refractivity contribution in [2.75, 3.05) is 32.7 Å². The second-order valence-electron chi connectivity index (χ2n) is 7.01. The Bertz CT molecular complexity index is 316. The lowest BCUT2D eigenvalue weighted by molar-refractivity contribution is -0.138. The van der Waals surface area contributed by atoms with Crippen LogP contribution in [0.15, 0.2) is 0 Å². The summed E-state index contributed by atoms with van der Waals surface area (Å²) in [6.45, 7) is 9.27. The van der Waals surface area contributed by atoms with Crippen molar-refractivity contribution >= 4 is 5.91 Å². The maximum atomic E-state index is 12.3. The lowest BCUT2D eigenvalue weighted by Crippen LogP contribution is -2.50. The van der Waals surface area contributed by atoms with Crippen molar-refractivity contribution in [3.8, 4) is 0 Å². The standard InChI is InChI=1S/C16H30N2O2/c1-14(2)5-8-17-9-11-18(12-10-17)15(19)13-16(20)6-3-4-7-16/h14,20H,3-13H2,1-2H3.